The van der Waals surface area contributed by atoms with Crippen molar-refractivity contribution in [3.05, 3.63) is 71.7 Å². The molecular weight excluding hydrogens is 376 g/mol. The van der Waals surface area contributed by atoms with Crippen molar-refractivity contribution in [1.29, 1.82) is 0 Å². The van der Waals surface area contributed by atoms with E-state index in [1.54, 1.807) is 19.2 Å². The first-order valence-electron chi connectivity index (χ1n) is 8.65. The number of amides is 1. The Hall–Kier alpha value is -3.32. The zero-order chi connectivity index (χ0) is 19.5. The van der Waals surface area contributed by atoms with Gasteiger partial charge in [0.15, 0.2) is 10.9 Å². The van der Waals surface area contributed by atoms with Crippen LogP contribution in [0.3, 0.4) is 0 Å². The van der Waals surface area contributed by atoms with Gasteiger partial charge in [-0.25, -0.2) is 4.98 Å². The lowest BCUT2D eigenvalue weighted by Gasteiger charge is -2.05. The predicted octanol–water partition coefficient (Wildman–Crippen LogP) is 5.04. The van der Waals surface area contributed by atoms with Crippen molar-refractivity contribution in [2.45, 2.75) is 13.5 Å². The number of carbonyl (C=O) groups is 1. The molecule has 0 radical (unpaired) electrons. The molecule has 4 aromatic rings. The number of methoxy groups -OCH3 is 1. The van der Waals surface area contributed by atoms with Crippen LogP contribution in [0.2, 0.25) is 0 Å². The van der Waals surface area contributed by atoms with Crippen LogP contribution >= 0.6 is 11.3 Å². The number of nitrogens with one attached hydrogen (secondary N) is 1. The summed E-state index contributed by atoms with van der Waals surface area (Å²) in [6.45, 7) is 2.25. The normalized spacial score (nSPS) is 10.8. The lowest BCUT2D eigenvalue weighted by molar-refractivity contribution is 0.0992. The van der Waals surface area contributed by atoms with Gasteiger partial charge in [0.1, 0.15) is 23.9 Å². The van der Waals surface area contributed by atoms with Crippen LogP contribution < -0.4 is 14.8 Å². The number of furan rings is 1. The van der Waals surface area contributed by atoms with Crippen LogP contribution in [0.25, 0.3) is 10.2 Å². The summed E-state index contributed by atoms with van der Waals surface area (Å²) in [5.74, 6) is 1.87. The second kappa shape index (κ2) is 7.74. The quantitative estimate of drug-likeness (QED) is 0.496. The van der Waals surface area contributed by atoms with Gasteiger partial charge in [0.05, 0.1) is 17.3 Å². The van der Waals surface area contributed by atoms with Gasteiger partial charge in [0, 0.05) is 0 Å². The lowest BCUT2D eigenvalue weighted by atomic mass is 10.2. The molecule has 2 aromatic heterocycles. The third kappa shape index (κ3) is 3.99. The summed E-state index contributed by atoms with van der Waals surface area (Å²) < 4.78 is 17.4. The van der Waals surface area contributed by atoms with Crippen LogP contribution in [0.4, 0.5) is 5.13 Å². The van der Waals surface area contributed by atoms with E-state index in [0.29, 0.717) is 16.6 Å². The number of benzene rings is 2. The van der Waals surface area contributed by atoms with Gasteiger partial charge in [-0.1, -0.05) is 17.4 Å². The van der Waals surface area contributed by atoms with Crippen molar-refractivity contribution in [3.8, 4) is 11.5 Å². The van der Waals surface area contributed by atoms with Gasteiger partial charge in [-0.15, -0.1) is 0 Å². The van der Waals surface area contributed by atoms with Gasteiger partial charge in [-0.2, -0.15) is 0 Å². The molecule has 2 aromatic carbocycles. The Morgan fingerprint density at radius 2 is 1.89 bits per heavy atom. The molecule has 6 nitrogen and oxygen atoms in total. The highest BCUT2D eigenvalue weighted by Crippen LogP contribution is 2.27. The second-order valence-electron chi connectivity index (χ2n) is 6.17. The highest BCUT2D eigenvalue weighted by Gasteiger charge is 2.14. The van der Waals surface area contributed by atoms with Crippen LogP contribution in [0, 0.1) is 6.92 Å². The lowest BCUT2D eigenvalue weighted by Crippen LogP contribution is -2.10. The minimum absolute atomic E-state index is 0.212. The minimum Gasteiger partial charge on any atom is -0.497 e. The van der Waals surface area contributed by atoms with Crippen LogP contribution in [0.5, 0.6) is 11.5 Å². The fourth-order valence-electron chi connectivity index (χ4n) is 2.65. The molecule has 0 aliphatic rings. The Morgan fingerprint density at radius 1 is 1.11 bits per heavy atom. The number of anilines is 1. The Balaban J connectivity index is 1.39. The molecule has 142 valence electrons. The SMILES string of the molecule is COc1ccc(OCc2ccc(C(=O)Nc3nc4ccc(C)cc4s3)o2)cc1. The van der Waals surface area contributed by atoms with Gasteiger partial charge in [0.25, 0.3) is 5.91 Å². The van der Waals surface area contributed by atoms with Crippen molar-refractivity contribution < 1.29 is 18.7 Å². The molecule has 0 unspecified atom stereocenters. The van der Waals surface area contributed by atoms with Crippen molar-refractivity contribution in [1.82, 2.24) is 4.98 Å². The maximum Gasteiger partial charge on any atom is 0.293 e. The molecule has 7 heteroatoms. The number of nitrogens with zero attached hydrogens (tertiary/aromatic N) is 1. The number of aryl methyl sites for hydroxylation is 1. The van der Waals surface area contributed by atoms with Crippen molar-refractivity contribution in [3.63, 3.8) is 0 Å². The van der Waals surface area contributed by atoms with E-state index in [-0.39, 0.29) is 18.3 Å². The fourth-order valence-corrected chi connectivity index (χ4v) is 3.61. The second-order valence-corrected chi connectivity index (χ2v) is 7.21. The Kier molecular flexibility index (Phi) is 4.99. The maximum absolute atomic E-state index is 12.4. The van der Waals surface area contributed by atoms with Crippen molar-refractivity contribution in [2.75, 3.05) is 12.4 Å². The monoisotopic (exact) mass is 394 g/mol. The first-order valence-corrected chi connectivity index (χ1v) is 9.46. The summed E-state index contributed by atoms with van der Waals surface area (Å²) in [5, 5.41) is 3.33. The zero-order valence-corrected chi connectivity index (χ0v) is 16.2. The molecule has 0 atom stereocenters. The molecule has 1 N–H and O–H groups in total. The summed E-state index contributed by atoms with van der Waals surface area (Å²) in [5.41, 5.74) is 2.01. The summed E-state index contributed by atoms with van der Waals surface area (Å²) in [6, 6.07) is 16.6. The molecule has 0 aliphatic heterocycles. The van der Waals surface area contributed by atoms with E-state index in [1.807, 2.05) is 49.4 Å². The maximum atomic E-state index is 12.4. The van der Waals surface area contributed by atoms with Gasteiger partial charge in [0.2, 0.25) is 0 Å². The highest BCUT2D eigenvalue weighted by molar-refractivity contribution is 7.22. The van der Waals surface area contributed by atoms with E-state index in [9.17, 15) is 4.79 Å². The number of carbonyl (C=O) groups excluding carboxylic acids is 1. The summed E-state index contributed by atoms with van der Waals surface area (Å²) in [7, 11) is 1.61. The zero-order valence-electron chi connectivity index (χ0n) is 15.4. The van der Waals surface area contributed by atoms with E-state index in [1.165, 1.54) is 11.3 Å². The molecule has 0 bridgehead atoms. The minimum atomic E-state index is -0.341. The number of thiazole rings is 1. The number of hydrogen-bond acceptors (Lipinski definition) is 6. The van der Waals surface area contributed by atoms with Gasteiger partial charge < -0.3 is 13.9 Å². The van der Waals surface area contributed by atoms with Crippen LogP contribution in [-0.4, -0.2) is 18.0 Å². The molecule has 0 saturated heterocycles. The highest BCUT2D eigenvalue weighted by atomic mass is 32.1. The number of ether oxygens (including phenoxy) is 2. The molecule has 28 heavy (non-hydrogen) atoms. The topological polar surface area (TPSA) is 73.6 Å². The van der Waals surface area contributed by atoms with Crippen LogP contribution in [-0.2, 0) is 6.61 Å². The van der Waals surface area contributed by atoms with Crippen molar-refractivity contribution >= 4 is 32.6 Å². The van der Waals surface area contributed by atoms with E-state index >= 15 is 0 Å². The first-order chi connectivity index (χ1) is 13.6. The predicted molar refractivity (Wildman–Crippen MR) is 108 cm³/mol. The summed E-state index contributed by atoms with van der Waals surface area (Å²) in [6.07, 6.45) is 0. The third-order valence-corrected chi connectivity index (χ3v) is 5.02. The largest absolute Gasteiger partial charge is 0.497 e. The molecule has 0 saturated carbocycles. The molecule has 0 spiro atoms. The summed E-state index contributed by atoms with van der Waals surface area (Å²) in [4.78, 5) is 16.8. The molecule has 2 heterocycles. The third-order valence-electron chi connectivity index (χ3n) is 4.09. The average molecular weight is 394 g/mol. The van der Waals surface area contributed by atoms with Gasteiger partial charge in [-0.3, -0.25) is 10.1 Å². The van der Waals surface area contributed by atoms with Gasteiger partial charge in [-0.05, 0) is 61.0 Å². The van der Waals surface area contributed by atoms with E-state index in [2.05, 4.69) is 10.3 Å². The molecule has 1 amide bonds. The number of rotatable bonds is 6. The van der Waals surface area contributed by atoms with E-state index in [0.717, 1.165) is 21.5 Å². The average Bonchev–Trinajstić information content (AvgIpc) is 3.33. The fraction of sp³-hybridized carbons (Fsp3) is 0.143. The standard InChI is InChI=1S/C21H18N2O4S/c1-13-3-9-17-19(11-13)28-21(22-17)23-20(24)18-10-8-16(27-18)12-26-15-6-4-14(25-2)5-7-15/h3-11H,12H2,1-2H3,(H,22,23,24). The van der Waals surface area contributed by atoms with Crippen LogP contribution in [0.1, 0.15) is 21.9 Å². The van der Waals surface area contributed by atoms with Gasteiger partial charge >= 0.3 is 0 Å². The smallest absolute Gasteiger partial charge is 0.293 e. The molecule has 0 aliphatic carbocycles. The Labute approximate surface area is 165 Å². The number of aromatic nitrogens is 1. The Morgan fingerprint density at radius 3 is 2.68 bits per heavy atom. The van der Waals surface area contributed by atoms with E-state index in [4.69, 9.17) is 13.9 Å². The Bertz CT molecular complexity index is 1120. The number of fused-ring (bicyclic) bond motifs is 1. The molecule has 0 fully saturated rings. The van der Waals surface area contributed by atoms with Crippen LogP contribution in [0.15, 0.2) is 59.0 Å². The number of hydrogen-bond donors (Lipinski definition) is 1. The molecular formula is C21H18N2O4S. The van der Waals surface area contributed by atoms with Crippen molar-refractivity contribution in [2.24, 2.45) is 0 Å². The van der Waals surface area contributed by atoms with E-state index < -0.39 is 0 Å². The summed E-state index contributed by atoms with van der Waals surface area (Å²) >= 11 is 1.43. The molecule has 4 rings (SSSR count). The first kappa shape index (κ1) is 18.1.